The van der Waals surface area contributed by atoms with E-state index in [9.17, 15) is 10.1 Å². The third kappa shape index (κ3) is 2.37. The fourth-order valence-corrected chi connectivity index (χ4v) is 1.55. The molecule has 1 saturated carbocycles. The molecule has 2 atom stereocenters. The van der Waals surface area contributed by atoms with Gasteiger partial charge in [0.05, 0.1) is 0 Å². The highest BCUT2D eigenvalue weighted by atomic mass is 17.0. The largest absolute Gasteiger partial charge is 0.310 e. The van der Waals surface area contributed by atoms with Crippen LogP contribution in [0.4, 0.5) is 0 Å². The Morgan fingerprint density at radius 1 is 1.45 bits per heavy atom. The van der Waals surface area contributed by atoms with E-state index < -0.39 is 5.09 Å². The minimum atomic E-state index is -0.674. The van der Waals surface area contributed by atoms with Gasteiger partial charge in [0.25, 0.3) is 5.09 Å². The average Bonchev–Trinajstić information content (AvgIpc) is 1.93. The van der Waals surface area contributed by atoms with E-state index in [0.717, 1.165) is 19.3 Å². The van der Waals surface area contributed by atoms with Crippen molar-refractivity contribution in [3.05, 3.63) is 10.1 Å². The molecule has 0 spiro atoms. The summed E-state index contributed by atoms with van der Waals surface area (Å²) in [4.78, 5) is 14.5. The Balaban J connectivity index is 2.35. The lowest BCUT2D eigenvalue weighted by Gasteiger charge is -2.26. The molecule has 0 aromatic heterocycles. The van der Waals surface area contributed by atoms with Gasteiger partial charge in [-0.15, -0.1) is 10.1 Å². The van der Waals surface area contributed by atoms with E-state index in [-0.39, 0.29) is 6.10 Å². The van der Waals surface area contributed by atoms with Gasteiger partial charge in [-0.05, 0) is 18.8 Å². The summed E-state index contributed by atoms with van der Waals surface area (Å²) in [5.41, 5.74) is 0. The minimum Gasteiger partial charge on any atom is -0.310 e. The van der Waals surface area contributed by atoms with Crippen molar-refractivity contribution in [2.24, 2.45) is 5.92 Å². The van der Waals surface area contributed by atoms with Gasteiger partial charge in [-0.2, -0.15) is 0 Å². The van der Waals surface area contributed by atoms with E-state index >= 15 is 0 Å². The second-order valence-corrected chi connectivity index (χ2v) is 3.13. The van der Waals surface area contributed by atoms with E-state index in [1.165, 1.54) is 6.42 Å². The molecule has 0 amide bonds. The average molecular weight is 159 g/mol. The van der Waals surface area contributed by atoms with Gasteiger partial charge in [0.2, 0.25) is 0 Å². The molecule has 0 aromatic carbocycles. The third-order valence-electron chi connectivity index (χ3n) is 2.25. The fourth-order valence-electron chi connectivity index (χ4n) is 1.55. The Labute approximate surface area is 65.6 Å². The van der Waals surface area contributed by atoms with Gasteiger partial charge in [0.15, 0.2) is 0 Å². The molecule has 0 radical (unpaired) electrons. The maximum absolute atomic E-state index is 10.00. The van der Waals surface area contributed by atoms with Gasteiger partial charge in [-0.25, -0.2) is 0 Å². The Hall–Kier alpha value is -0.800. The molecule has 4 nitrogen and oxygen atoms in total. The Bertz CT molecular complexity index is 149. The maximum atomic E-state index is 10.00. The normalized spacial score (nSPS) is 31.4. The molecule has 0 heterocycles. The highest BCUT2D eigenvalue weighted by molar-refractivity contribution is 4.70. The Morgan fingerprint density at radius 2 is 2.09 bits per heavy atom. The van der Waals surface area contributed by atoms with E-state index in [0.29, 0.717) is 5.92 Å². The molecule has 0 aromatic rings. The molecular weight excluding hydrogens is 146 g/mol. The zero-order valence-electron chi connectivity index (χ0n) is 6.66. The van der Waals surface area contributed by atoms with Gasteiger partial charge in [0.1, 0.15) is 6.10 Å². The van der Waals surface area contributed by atoms with Gasteiger partial charge < -0.3 is 4.84 Å². The molecule has 64 valence electrons. The number of rotatable bonds is 2. The van der Waals surface area contributed by atoms with Gasteiger partial charge in [-0.3, -0.25) is 0 Å². The maximum Gasteiger partial charge on any atom is 0.294 e. The summed E-state index contributed by atoms with van der Waals surface area (Å²) >= 11 is 0. The van der Waals surface area contributed by atoms with Crippen LogP contribution < -0.4 is 0 Å². The van der Waals surface area contributed by atoms with Crippen LogP contribution in [0, 0.1) is 16.0 Å². The minimum absolute atomic E-state index is 0.154. The molecule has 0 saturated heterocycles. The molecule has 1 rings (SSSR count). The molecule has 0 unspecified atom stereocenters. The molecular formula is C7H13NO3. The Morgan fingerprint density at radius 3 is 2.64 bits per heavy atom. The summed E-state index contributed by atoms with van der Waals surface area (Å²) in [7, 11) is 0. The predicted molar refractivity (Wildman–Crippen MR) is 39.5 cm³/mol. The molecule has 1 fully saturated rings. The molecule has 1 aliphatic rings. The van der Waals surface area contributed by atoms with Crippen LogP contribution in [0.2, 0.25) is 0 Å². The zero-order valence-corrected chi connectivity index (χ0v) is 6.66. The van der Waals surface area contributed by atoms with Crippen LogP contribution in [-0.2, 0) is 4.84 Å². The quantitative estimate of drug-likeness (QED) is 0.455. The first kappa shape index (κ1) is 8.30. The van der Waals surface area contributed by atoms with Crippen LogP contribution in [0.1, 0.15) is 32.6 Å². The number of nitrogens with zero attached hydrogens (tertiary/aromatic N) is 1. The van der Waals surface area contributed by atoms with E-state index in [1.807, 2.05) is 6.92 Å². The van der Waals surface area contributed by atoms with Crippen molar-refractivity contribution in [3.8, 4) is 0 Å². The van der Waals surface area contributed by atoms with Crippen molar-refractivity contribution in [3.63, 3.8) is 0 Å². The second kappa shape index (κ2) is 3.55. The highest BCUT2D eigenvalue weighted by Crippen LogP contribution is 2.25. The van der Waals surface area contributed by atoms with Crippen LogP contribution in [0.3, 0.4) is 0 Å². The van der Waals surface area contributed by atoms with Crippen molar-refractivity contribution in [2.75, 3.05) is 0 Å². The topological polar surface area (TPSA) is 52.4 Å². The summed E-state index contributed by atoms with van der Waals surface area (Å²) in [5, 5.41) is 9.32. The standard InChI is InChI=1S/C7H13NO3/c1-6-4-2-3-5-7(6)11-8(9)10/h6-7H,2-5H2,1H3/t6-,7-/m1/s1. The lowest BCUT2D eigenvalue weighted by molar-refractivity contribution is -0.771. The number of hydrogen-bond acceptors (Lipinski definition) is 3. The van der Waals surface area contributed by atoms with Gasteiger partial charge in [-0.1, -0.05) is 19.8 Å². The predicted octanol–water partition coefficient (Wildman–Crippen LogP) is 1.77. The summed E-state index contributed by atoms with van der Waals surface area (Å²) < 4.78 is 0. The first-order valence-electron chi connectivity index (χ1n) is 4.01. The summed E-state index contributed by atoms with van der Waals surface area (Å²) in [6.45, 7) is 2.01. The third-order valence-corrected chi connectivity index (χ3v) is 2.25. The zero-order chi connectivity index (χ0) is 8.27. The van der Waals surface area contributed by atoms with Crippen LogP contribution in [0.25, 0.3) is 0 Å². The summed E-state index contributed by atoms with van der Waals surface area (Å²) in [6, 6.07) is 0. The molecule has 11 heavy (non-hydrogen) atoms. The van der Waals surface area contributed by atoms with Crippen molar-refractivity contribution >= 4 is 0 Å². The van der Waals surface area contributed by atoms with E-state index in [4.69, 9.17) is 0 Å². The van der Waals surface area contributed by atoms with Crippen LogP contribution >= 0.6 is 0 Å². The second-order valence-electron chi connectivity index (χ2n) is 3.13. The molecule has 0 aliphatic heterocycles. The van der Waals surface area contributed by atoms with Gasteiger partial charge in [0, 0.05) is 0 Å². The summed E-state index contributed by atoms with van der Waals surface area (Å²) in [6.07, 6.45) is 3.97. The van der Waals surface area contributed by atoms with Crippen molar-refractivity contribution in [1.82, 2.24) is 0 Å². The summed E-state index contributed by atoms with van der Waals surface area (Å²) in [5.74, 6) is 0.342. The lowest BCUT2D eigenvalue weighted by atomic mass is 9.88. The van der Waals surface area contributed by atoms with E-state index in [2.05, 4.69) is 4.84 Å². The van der Waals surface area contributed by atoms with E-state index in [1.54, 1.807) is 0 Å². The molecule has 1 aliphatic carbocycles. The van der Waals surface area contributed by atoms with Crippen molar-refractivity contribution in [2.45, 2.75) is 38.7 Å². The SMILES string of the molecule is C[C@@H]1CCCC[C@H]1O[N+](=O)[O-]. The van der Waals surface area contributed by atoms with Crippen LogP contribution in [0.15, 0.2) is 0 Å². The number of hydrogen-bond donors (Lipinski definition) is 0. The molecule has 0 N–H and O–H groups in total. The monoisotopic (exact) mass is 159 g/mol. The first-order valence-corrected chi connectivity index (χ1v) is 4.01. The van der Waals surface area contributed by atoms with Crippen molar-refractivity contribution in [1.29, 1.82) is 0 Å². The smallest absolute Gasteiger partial charge is 0.294 e. The molecule has 4 heteroatoms. The first-order chi connectivity index (χ1) is 5.20. The Kier molecular flexibility index (Phi) is 2.68. The van der Waals surface area contributed by atoms with Crippen LogP contribution in [-0.4, -0.2) is 11.2 Å². The lowest BCUT2D eigenvalue weighted by Crippen LogP contribution is -2.27. The van der Waals surface area contributed by atoms with Crippen molar-refractivity contribution < 1.29 is 9.92 Å². The van der Waals surface area contributed by atoms with Crippen LogP contribution in [0.5, 0.6) is 0 Å². The molecule has 0 bridgehead atoms. The van der Waals surface area contributed by atoms with Gasteiger partial charge >= 0.3 is 0 Å². The highest BCUT2D eigenvalue weighted by Gasteiger charge is 2.23. The fraction of sp³-hybridized carbons (Fsp3) is 1.00.